The van der Waals surface area contributed by atoms with Gasteiger partial charge in [0, 0.05) is 12.3 Å². The summed E-state index contributed by atoms with van der Waals surface area (Å²) >= 11 is 0. The van der Waals surface area contributed by atoms with Crippen LogP contribution in [0, 0.1) is 5.41 Å². The van der Waals surface area contributed by atoms with Crippen LogP contribution in [-0.4, -0.2) is 21.3 Å². The Kier molecular flexibility index (Phi) is 3.76. The van der Waals surface area contributed by atoms with Crippen molar-refractivity contribution >= 4 is 5.97 Å². The molecule has 0 bridgehead atoms. The van der Waals surface area contributed by atoms with Crippen LogP contribution in [0.25, 0.3) is 0 Å². The largest absolute Gasteiger partial charge is 0.481 e. The molecule has 2 aliphatic carbocycles. The standard InChI is InChI=1S/C15H22N2O3/c18-13(19)10-15(7-3-4-8-15)9-12-16-17-14(20-12)11-5-1-2-6-11/h11H,1-10H2,(H,18,19). The Balaban J connectivity index is 1.70. The summed E-state index contributed by atoms with van der Waals surface area (Å²) in [5, 5.41) is 17.5. The van der Waals surface area contributed by atoms with Gasteiger partial charge in [-0.2, -0.15) is 0 Å². The van der Waals surface area contributed by atoms with E-state index in [0.717, 1.165) is 44.4 Å². The molecular formula is C15H22N2O3. The first-order chi connectivity index (χ1) is 9.67. The van der Waals surface area contributed by atoms with E-state index in [2.05, 4.69) is 10.2 Å². The lowest BCUT2D eigenvalue weighted by Crippen LogP contribution is -2.24. The van der Waals surface area contributed by atoms with E-state index >= 15 is 0 Å². The third-order valence-corrected chi connectivity index (χ3v) is 4.90. The maximum absolute atomic E-state index is 11.1. The number of hydrogen-bond donors (Lipinski definition) is 1. The first kappa shape index (κ1) is 13.6. The Bertz CT molecular complexity index is 471. The van der Waals surface area contributed by atoms with Crippen molar-refractivity contribution in [1.29, 1.82) is 0 Å². The molecule has 1 aromatic heterocycles. The summed E-state index contributed by atoms with van der Waals surface area (Å²) in [6.07, 6.45) is 9.74. The van der Waals surface area contributed by atoms with E-state index in [1.54, 1.807) is 0 Å². The van der Waals surface area contributed by atoms with Crippen molar-refractivity contribution in [2.75, 3.05) is 0 Å². The van der Waals surface area contributed by atoms with E-state index in [-0.39, 0.29) is 11.8 Å². The quantitative estimate of drug-likeness (QED) is 0.894. The highest BCUT2D eigenvalue weighted by atomic mass is 16.4. The molecule has 0 saturated heterocycles. The Morgan fingerprint density at radius 2 is 1.90 bits per heavy atom. The molecule has 0 spiro atoms. The van der Waals surface area contributed by atoms with E-state index in [9.17, 15) is 4.79 Å². The monoisotopic (exact) mass is 278 g/mol. The van der Waals surface area contributed by atoms with Gasteiger partial charge in [-0.05, 0) is 31.1 Å². The fraction of sp³-hybridized carbons (Fsp3) is 0.800. The molecule has 0 amide bonds. The SMILES string of the molecule is O=C(O)CC1(Cc2nnc(C3CCCC3)o2)CCCC1. The van der Waals surface area contributed by atoms with Crippen molar-refractivity contribution in [3.8, 4) is 0 Å². The molecule has 5 heteroatoms. The topological polar surface area (TPSA) is 76.2 Å². The molecule has 0 aromatic carbocycles. The highest BCUT2D eigenvalue weighted by Crippen LogP contribution is 2.44. The summed E-state index contributed by atoms with van der Waals surface area (Å²) in [5.74, 6) is 1.11. The Hall–Kier alpha value is -1.39. The molecule has 2 aliphatic rings. The second kappa shape index (κ2) is 5.54. The van der Waals surface area contributed by atoms with Gasteiger partial charge in [0.1, 0.15) is 0 Å². The van der Waals surface area contributed by atoms with Gasteiger partial charge in [0.05, 0.1) is 6.42 Å². The number of carbonyl (C=O) groups is 1. The number of carboxylic acid groups (broad SMARTS) is 1. The molecule has 0 unspecified atom stereocenters. The number of aromatic nitrogens is 2. The minimum Gasteiger partial charge on any atom is -0.481 e. The van der Waals surface area contributed by atoms with Crippen LogP contribution in [0.1, 0.15) is 75.5 Å². The van der Waals surface area contributed by atoms with Gasteiger partial charge >= 0.3 is 5.97 Å². The van der Waals surface area contributed by atoms with Crippen molar-refractivity contribution in [3.63, 3.8) is 0 Å². The van der Waals surface area contributed by atoms with Crippen molar-refractivity contribution in [3.05, 3.63) is 11.8 Å². The lowest BCUT2D eigenvalue weighted by Gasteiger charge is -2.24. The smallest absolute Gasteiger partial charge is 0.303 e. The Morgan fingerprint density at radius 3 is 2.55 bits per heavy atom. The van der Waals surface area contributed by atoms with Gasteiger partial charge in [0.25, 0.3) is 0 Å². The number of carboxylic acids is 1. The normalized spacial score (nSPS) is 22.4. The number of nitrogens with zero attached hydrogens (tertiary/aromatic N) is 2. The number of aliphatic carboxylic acids is 1. The first-order valence-corrected chi connectivity index (χ1v) is 7.71. The maximum atomic E-state index is 11.1. The predicted molar refractivity (Wildman–Crippen MR) is 72.4 cm³/mol. The number of rotatable bonds is 5. The van der Waals surface area contributed by atoms with Crippen LogP contribution in [0.5, 0.6) is 0 Å². The van der Waals surface area contributed by atoms with E-state index in [0.29, 0.717) is 18.2 Å². The van der Waals surface area contributed by atoms with Crippen LogP contribution < -0.4 is 0 Å². The van der Waals surface area contributed by atoms with Crippen LogP contribution in [0.3, 0.4) is 0 Å². The average Bonchev–Trinajstić information content (AvgIpc) is 3.08. The van der Waals surface area contributed by atoms with Gasteiger partial charge in [-0.3, -0.25) is 4.79 Å². The molecule has 0 atom stereocenters. The van der Waals surface area contributed by atoms with Gasteiger partial charge in [0.15, 0.2) is 0 Å². The van der Waals surface area contributed by atoms with E-state index < -0.39 is 5.97 Å². The zero-order chi connectivity index (χ0) is 14.0. The highest BCUT2D eigenvalue weighted by Gasteiger charge is 2.38. The minimum absolute atomic E-state index is 0.161. The molecule has 1 N–H and O–H groups in total. The van der Waals surface area contributed by atoms with Crippen LogP contribution in [0.15, 0.2) is 4.42 Å². The molecule has 1 aromatic rings. The van der Waals surface area contributed by atoms with Crippen LogP contribution >= 0.6 is 0 Å². The van der Waals surface area contributed by atoms with Crippen LogP contribution in [0.4, 0.5) is 0 Å². The summed E-state index contributed by atoms with van der Waals surface area (Å²) in [6, 6.07) is 0. The van der Waals surface area contributed by atoms with Crippen molar-refractivity contribution < 1.29 is 14.3 Å². The van der Waals surface area contributed by atoms with E-state index in [4.69, 9.17) is 9.52 Å². The molecule has 20 heavy (non-hydrogen) atoms. The minimum atomic E-state index is -0.720. The molecule has 0 aliphatic heterocycles. The lowest BCUT2D eigenvalue weighted by atomic mass is 9.79. The summed E-state index contributed by atoms with van der Waals surface area (Å²) in [4.78, 5) is 11.1. The third kappa shape index (κ3) is 2.86. The van der Waals surface area contributed by atoms with Gasteiger partial charge < -0.3 is 9.52 Å². The zero-order valence-electron chi connectivity index (χ0n) is 11.8. The molecule has 2 saturated carbocycles. The van der Waals surface area contributed by atoms with Gasteiger partial charge in [-0.15, -0.1) is 10.2 Å². The molecule has 110 valence electrons. The fourth-order valence-corrected chi connectivity index (χ4v) is 3.86. The lowest BCUT2D eigenvalue weighted by molar-refractivity contribution is -0.139. The third-order valence-electron chi connectivity index (χ3n) is 4.90. The van der Waals surface area contributed by atoms with E-state index in [1.165, 1.54) is 12.8 Å². The van der Waals surface area contributed by atoms with Crippen molar-refractivity contribution in [2.45, 2.75) is 70.1 Å². The Labute approximate surface area is 118 Å². The zero-order valence-corrected chi connectivity index (χ0v) is 11.8. The second-order valence-corrected chi connectivity index (χ2v) is 6.47. The van der Waals surface area contributed by atoms with E-state index in [1.807, 2.05) is 0 Å². The predicted octanol–water partition coefficient (Wildman–Crippen LogP) is 3.30. The van der Waals surface area contributed by atoms with Crippen LogP contribution in [0.2, 0.25) is 0 Å². The summed E-state index contributed by atoms with van der Waals surface area (Å²) in [6.45, 7) is 0. The van der Waals surface area contributed by atoms with Crippen molar-refractivity contribution in [1.82, 2.24) is 10.2 Å². The second-order valence-electron chi connectivity index (χ2n) is 6.47. The molecule has 3 rings (SSSR count). The maximum Gasteiger partial charge on any atom is 0.303 e. The van der Waals surface area contributed by atoms with Crippen LogP contribution in [-0.2, 0) is 11.2 Å². The van der Waals surface area contributed by atoms with Gasteiger partial charge in [0.2, 0.25) is 11.8 Å². The summed E-state index contributed by atoms with van der Waals surface area (Å²) < 4.78 is 5.82. The molecular weight excluding hydrogens is 256 g/mol. The molecule has 5 nitrogen and oxygen atoms in total. The number of hydrogen-bond acceptors (Lipinski definition) is 4. The fourth-order valence-electron chi connectivity index (χ4n) is 3.86. The Morgan fingerprint density at radius 1 is 1.20 bits per heavy atom. The highest BCUT2D eigenvalue weighted by molar-refractivity contribution is 5.67. The molecule has 1 heterocycles. The van der Waals surface area contributed by atoms with Crippen molar-refractivity contribution in [2.24, 2.45) is 5.41 Å². The van der Waals surface area contributed by atoms with Gasteiger partial charge in [-0.25, -0.2) is 0 Å². The average molecular weight is 278 g/mol. The first-order valence-electron chi connectivity index (χ1n) is 7.71. The molecule has 0 radical (unpaired) electrons. The van der Waals surface area contributed by atoms with Gasteiger partial charge in [-0.1, -0.05) is 25.7 Å². The molecule has 2 fully saturated rings. The summed E-state index contributed by atoms with van der Waals surface area (Å²) in [5.41, 5.74) is -0.161. The summed E-state index contributed by atoms with van der Waals surface area (Å²) in [7, 11) is 0.